The number of hydrogen-bond donors (Lipinski definition) is 1. The van der Waals surface area contributed by atoms with E-state index in [0.717, 1.165) is 13.0 Å². The van der Waals surface area contributed by atoms with Gasteiger partial charge in [-0.2, -0.15) is 0 Å². The Morgan fingerprint density at radius 2 is 2.43 bits per heavy atom. The van der Waals surface area contributed by atoms with E-state index in [-0.39, 0.29) is 5.66 Å². The van der Waals surface area contributed by atoms with Crippen LogP contribution in [0.2, 0.25) is 0 Å². The zero-order valence-corrected chi connectivity index (χ0v) is 4.57. The fourth-order valence-corrected chi connectivity index (χ4v) is 0.622. The van der Waals surface area contributed by atoms with Crippen molar-refractivity contribution in [3.05, 3.63) is 0 Å². The van der Waals surface area contributed by atoms with Gasteiger partial charge in [-0.25, -0.2) is 0 Å². The molecule has 0 aliphatic carbocycles. The van der Waals surface area contributed by atoms with E-state index in [9.17, 15) is 0 Å². The molecule has 0 radical (unpaired) electrons. The second-order valence-corrected chi connectivity index (χ2v) is 2.11. The van der Waals surface area contributed by atoms with Crippen LogP contribution in [0, 0.1) is 0 Å². The van der Waals surface area contributed by atoms with Gasteiger partial charge in [-0.15, -0.1) is 0 Å². The van der Waals surface area contributed by atoms with Gasteiger partial charge in [0.2, 0.25) is 0 Å². The van der Waals surface area contributed by atoms with Crippen molar-refractivity contribution < 1.29 is 0 Å². The molecule has 0 spiro atoms. The van der Waals surface area contributed by atoms with Crippen molar-refractivity contribution in [2.45, 2.75) is 19.0 Å². The Morgan fingerprint density at radius 1 is 1.86 bits per heavy atom. The van der Waals surface area contributed by atoms with Crippen LogP contribution in [-0.2, 0) is 0 Å². The third-order valence-corrected chi connectivity index (χ3v) is 1.47. The van der Waals surface area contributed by atoms with Crippen LogP contribution in [0.5, 0.6) is 0 Å². The zero-order chi connectivity index (χ0) is 5.33. The van der Waals surface area contributed by atoms with E-state index in [1.165, 1.54) is 0 Å². The average Bonchev–Trinajstić information content (AvgIpc) is 1.61. The third kappa shape index (κ3) is 0.657. The van der Waals surface area contributed by atoms with Crippen LogP contribution in [0.4, 0.5) is 0 Å². The van der Waals surface area contributed by atoms with E-state index in [0.29, 0.717) is 0 Å². The standard InChI is InChI=1S/C5H10N2/c1-5(6-2)3-4-7-5/h7H,2-4H2,1H3/t5-/m1/s1. The van der Waals surface area contributed by atoms with Crippen molar-refractivity contribution in [2.24, 2.45) is 4.99 Å². The molecule has 1 atom stereocenters. The Balaban J connectivity index is 2.43. The van der Waals surface area contributed by atoms with E-state index in [4.69, 9.17) is 0 Å². The molecule has 1 N–H and O–H groups in total. The Bertz CT molecular complexity index is 84.1. The topological polar surface area (TPSA) is 24.4 Å². The molecular weight excluding hydrogens is 88.1 g/mol. The van der Waals surface area contributed by atoms with E-state index in [1.54, 1.807) is 0 Å². The Labute approximate surface area is 43.6 Å². The van der Waals surface area contributed by atoms with Gasteiger partial charge in [0.1, 0.15) is 5.66 Å². The second-order valence-electron chi connectivity index (χ2n) is 2.11. The Morgan fingerprint density at radius 3 is 2.43 bits per heavy atom. The molecule has 0 unspecified atom stereocenters. The summed E-state index contributed by atoms with van der Waals surface area (Å²) in [5, 5.41) is 3.14. The molecule has 1 fully saturated rings. The molecule has 40 valence electrons. The van der Waals surface area contributed by atoms with Gasteiger partial charge in [0.05, 0.1) is 0 Å². The minimum atomic E-state index is 0.0278. The maximum Gasteiger partial charge on any atom is 0.108 e. The first-order valence-electron chi connectivity index (χ1n) is 2.50. The van der Waals surface area contributed by atoms with Gasteiger partial charge in [0, 0.05) is 6.54 Å². The molecule has 2 nitrogen and oxygen atoms in total. The molecule has 1 rings (SSSR count). The zero-order valence-electron chi connectivity index (χ0n) is 4.57. The first-order valence-corrected chi connectivity index (χ1v) is 2.50. The molecule has 0 amide bonds. The van der Waals surface area contributed by atoms with Gasteiger partial charge in [-0.3, -0.25) is 10.3 Å². The van der Waals surface area contributed by atoms with Crippen LogP contribution >= 0.6 is 0 Å². The first kappa shape index (κ1) is 4.78. The van der Waals surface area contributed by atoms with Gasteiger partial charge < -0.3 is 0 Å². The lowest BCUT2D eigenvalue weighted by atomic mass is 10.0. The van der Waals surface area contributed by atoms with Crippen LogP contribution in [0.3, 0.4) is 0 Å². The lowest BCUT2D eigenvalue weighted by molar-refractivity contribution is 0.247. The Hall–Kier alpha value is -0.370. The molecule has 7 heavy (non-hydrogen) atoms. The Kier molecular flexibility index (Phi) is 0.889. The van der Waals surface area contributed by atoms with E-state index >= 15 is 0 Å². The second kappa shape index (κ2) is 1.30. The van der Waals surface area contributed by atoms with Crippen molar-refractivity contribution in [1.29, 1.82) is 0 Å². The van der Waals surface area contributed by atoms with Crippen LogP contribution in [-0.4, -0.2) is 18.9 Å². The highest BCUT2D eigenvalue weighted by Gasteiger charge is 2.28. The summed E-state index contributed by atoms with van der Waals surface area (Å²) in [6, 6.07) is 0. The molecule has 1 aliphatic rings. The van der Waals surface area contributed by atoms with E-state index < -0.39 is 0 Å². The van der Waals surface area contributed by atoms with Crippen molar-refractivity contribution in [1.82, 2.24) is 5.32 Å². The maximum atomic E-state index is 3.86. The van der Waals surface area contributed by atoms with E-state index in [1.807, 2.05) is 6.92 Å². The van der Waals surface area contributed by atoms with Gasteiger partial charge in [-0.05, 0) is 20.1 Å². The fourth-order valence-electron chi connectivity index (χ4n) is 0.622. The normalized spacial score (nSPS) is 39.6. The summed E-state index contributed by atoms with van der Waals surface area (Å²) >= 11 is 0. The summed E-state index contributed by atoms with van der Waals surface area (Å²) in [5.41, 5.74) is 0.0278. The summed E-state index contributed by atoms with van der Waals surface area (Å²) in [7, 11) is 0. The van der Waals surface area contributed by atoms with Crippen molar-refractivity contribution >= 4 is 6.72 Å². The molecule has 1 saturated heterocycles. The summed E-state index contributed by atoms with van der Waals surface area (Å²) in [6.07, 6.45) is 1.14. The molecule has 2 heteroatoms. The molecule has 0 aromatic rings. The number of hydrogen-bond acceptors (Lipinski definition) is 2. The minimum absolute atomic E-state index is 0.0278. The van der Waals surface area contributed by atoms with Crippen molar-refractivity contribution in [2.75, 3.05) is 6.54 Å². The van der Waals surface area contributed by atoms with Crippen LogP contribution in [0.1, 0.15) is 13.3 Å². The summed E-state index contributed by atoms with van der Waals surface area (Å²) in [4.78, 5) is 3.86. The molecular formula is C5H10N2. The highest BCUT2D eigenvalue weighted by molar-refractivity contribution is 5.26. The minimum Gasteiger partial charge on any atom is -0.293 e. The summed E-state index contributed by atoms with van der Waals surface area (Å²) in [6.45, 7) is 6.58. The number of rotatable bonds is 1. The summed E-state index contributed by atoms with van der Waals surface area (Å²) < 4.78 is 0. The molecule has 0 bridgehead atoms. The smallest absolute Gasteiger partial charge is 0.108 e. The predicted molar refractivity (Wildman–Crippen MR) is 30.6 cm³/mol. The molecule has 1 aliphatic heterocycles. The number of nitrogens with zero attached hydrogens (tertiary/aromatic N) is 1. The van der Waals surface area contributed by atoms with Gasteiger partial charge in [-0.1, -0.05) is 0 Å². The number of nitrogens with one attached hydrogen (secondary N) is 1. The molecule has 0 aromatic heterocycles. The summed E-state index contributed by atoms with van der Waals surface area (Å²) in [5.74, 6) is 0. The lowest BCUT2D eigenvalue weighted by Crippen LogP contribution is -2.52. The first-order chi connectivity index (χ1) is 3.27. The maximum absolute atomic E-state index is 3.86. The monoisotopic (exact) mass is 98.1 g/mol. The van der Waals surface area contributed by atoms with E-state index in [2.05, 4.69) is 17.0 Å². The van der Waals surface area contributed by atoms with Crippen molar-refractivity contribution in [3.8, 4) is 0 Å². The predicted octanol–water partition coefficient (Wildman–Crippen LogP) is 0.397. The fraction of sp³-hybridized carbons (Fsp3) is 0.800. The van der Waals surface area contributed by atoms with Gasteiger partial charge >= 0.3 is 0 Å². The van der Waals surface area contributed by atoms with Gasteiger partial charge in [0.15, 0.2) is 0 Å². The quantitative estimate of drug-likeness (QED) is 0.471. The molecule has 0 saturated carbocycles. The van der Waals surface area contributed by atoms with Gasteiger partial charge in [0.25, 0.3) is 0 Å². The van der Waals surface area contributed by atoms with Crippen LogP contribution in [0.15, 0.2) is 4.99 Å². The average molecular weight is 98.1 g/mol. The highest BCUT2D eigenvalue weighted by atomic mass is 15.2. The molecule has 0 aromatic carbocycles. The van der Waals surface area contributed by atoms with Crippen molar-refractivity contribution in [3.63, 3.8) is 0 Å². The SMILES string of the molecule is C=N[C@@]1(C)CCN1. The lowest BCUT2D eigenvalue weighted by Gasteiger charge is -2.35. The number of aliphatic imine (C=N–C) groups is 1. The molecule has 1 heterocycles. The highest BCUT2D eigenvalue weighted by Crippen LogP contribution is 2.17. The largest absolute Gasteiger partial charge is 0.293 e. The van der Waals surface area contributed by atoms with Crippen LogP contribution in [0.25, 0.3) is 0 Å². The third-order valence-electron chi connectivity index (χ3n) is 1.47. The van der Waals surface area contributed by atoms with Crippen LogP contribution < -0.4 is 5.32 Å².